The molecule has 0 fully saturated rings. The highest BCUT2D eigenvalue weighted by Gasteiger charge is 2.27. The van der Waals surface area contributed by atoms with E-state index in [1.165, 1.54) is 5.56 Å². The monoisotopic (exact) mass is 360 g/mol. The zero-order valence-corrected chi connectivity index (χ0v) is 14.9. The smallest absolute Gasteiger partial charge is 0.269 e. The second-order valence-electron chi connectivity index (χ2n) is 6.39. The highest BCUT2D eigenvalue weighted by Crippen LogP contribution is 2.32. The lowest BCUT2D eigenvalue weighted by atomic mass is 10.2. The zero-order chi connectivity index (χ0) is 18.6. The van der Waals surface area contributed by atoms with Crippen LogP contribution in [-0.4, -0.2) is 18.6 Å². The van der Waals surface area contributed by atoms with Crippen LogP contribution < -0.4 is 20.1 Å². The molecule has 1 atom stereocenters. The molecule has 0 aliphatic carbocycles. The lowest BCUT2D eigenvalue weighted by Crippen LogP contribution is -2.40. The third-order valence-corrected chi connectivity index (χ3v) is 4.32. The topological polar surface area (TPSA) is 59.6 Å². The maximum atomic E-state index is 12.7. The summed E-state index contributed by atoms with van der Waals surface area (Å²) < 4.78 is 11.4. The Kier molecular flexibility index (Phi) is 4.66. The van der Waals surface area contributed by atoms with Gasteiger partial charge in [-0.2, -0.15) is 0 Å². The summed E-state index contributed by atoms with van der Waals surface area (Å²) in [5, 5.41) is 6.27. The van der Waals surface area contributed by atoms with Crippen molar-refractivity contribution >= 4 is 23.0 Å². The van der Waals surface area contributed by atoms with Gasteiger partial charge in [0.15, 0.2) is 11.5 Å². The molecule has 1 aliphatic heterocycles. The van der Waals surface area contributed by atoms with Crippen LogP contribution in [0.5, 0.6) is 11.5 Å². The molecule has 3 aromatic carbocycles. The van der Waals surface area contributed by atoms with E-state index in [1.54, 1.807) is 6.07 Å². The third-order valence-electron chi connectivity index (χ3n) is 4.32. The highest BCUT2D eigenvalue weighted by molar-refractivity contribution is 5.98. The molecule has 0 spiro atoms. The van der Waals surface area contributed by atoms with Gasteiger partial charge in [-0.1, -0.05) is 42.0 Å². The second kappa shape index (κ2) is 7.41. The molecule has 1 heterocycles. The average Bonchev–Trinajstić information content (AvgIpc) is 2.70. The van der Waals surface area contributed by atoms with E-state index in [0.29, 0.717) is 17.2 Å². The Morgan fingerprint density at radius 3 is 2.33 bits per heavy atom. The van der Waals surface area contributed by atoms with E-state index in [4.69, 9.17) is 9.47 Å². The molecule has 27 heavy (non-hydrogen) atoms. The van der Waals surface area contributed by atoms with Gasteiger partial charge in [-0.25, -0.2) is 0 Å². The SMILES string of the molecule is Cc1ccc(Nc2ccccc2NC(=O)C2COc3ccccc3O2)cc1. The highest BCUT2D eigenvalue weighted by atomic mass is 16.6. The van der Waals surface area contributed by atoms with Gasteiger partial charge in [0.1, 0.15) is 6.61 Å². The van der Waals surface area contributed by atoms with Crippen molar-refractivity contribution in [1.29, 1.82) is 0 Å². The van der Waals surface area contributed by atoms with Crippen LogP contribution >= 0.6 is 0 Å². The summed E-state index contributed by atoms with van der Waals surface area (Å²) in [5.41, 5.74) is 3.64. The average molecular weight is 360 g/mol. The Bertz CT molecular complexity index is 954. The molecule has 1 amide bonds. The van der Waals surface area contributed by atoms with E-state index in [0.717, 1.165) is 11.4 Å². The Balaban J connectivity index is 1.48. The lowest BCUT2D eigenvalue weighted by molar-refractivity contribution is -0.125. The quantitative estimate of drug-likeness (QED) is 0.718. The molecule has 3 aromatic rings. The number of anilines is 3. The van der Waals surface area contributed by atoms with Crippen molar-refractivity contribution in [2.45, 2.75) is 13.0 Å². The molecule has 0 saturated heterocycles. The molecule has 0 radical (unpaired) electrons. The molecule has 1 unspecified atom stereocenters. The molecule has 5 nitrogen and oxygen atoms in total. The predicted octanol–water partition coefficient (Wildman–Crippen LogP) is 4.52. The lowest BCUT2D eigenvalue weighted by Gasteiger charge is -2.26. The maximum absolute atomic E-state index is 12.7. The molecule has 0 aromatic heterocycles. The number of carbonyl (C=O) groups is 1. The molecule has 5 heteroatoms. The number of fused-ring (bicyclic) bond motifs is 1. The molecule has 0 bridgehead atoms. The van der Waals surface area contributed by atoms with Gasteiger partial charge in [-0.3, -0.25) is 4.79 Å². The van der Waals surface area contributed by atoms with Crippen LogP contribution in [0.2, 0.25) is 0 Å². The number of rotatable bonds is 4. The van der Waals surface area contributed by atoms with E-state index >= 15 is 0 Å². The Morgan fingerprint density at radius 1 is 0.889 bits per heavy atom. The van der Waals surface area contributed by atoms with Gasteiger partial charge in [0.2, 0.25) is 6.10 Å². The third kappa shape index (κ3) is 3.87. The maximum Gasteiger partial charge on any atom is 0.269 e. The number of para-hydroxylation sites is 4. The number of benzene rings is 3. The van der Waals surface area contributed by atoms with Gasteiger partial charge < -0.3 is 20.1 Å². The fourth-order valence-corrected chi connectivity index (χ4v) is 2.86. The van der Waals surface area contributed by atoms with Gasteiger partial charge in [0.05, 0.1) is 11.4 Å². The van der Waals surface area contributed by atoms with E-state index in [1.807, 2.05) is 73.7 Å². The van der Waals surface area contributed by atoms with E-state index in [2.05, 4.69) is 10.6 Å². The minimum absolute atomic E-state index is 0.177. The van der Waals surface area contributed by atoms with Gasteiger partial charge in [-0.05, 0) is 43.3 Å². The first kappa shape index (κ1) is 17.0. The van der Waals surface area contributed by atoms with Gasteiger partial charge >= 0.3 is 0 Å². The van der Waals surface area contributed by atoms with Gasteiger partial charge in [-0.15, -0.1) is 0 Å². The summed E-state index contributed by atoms with van der Waals surface area (Å²) in [6.45, 7) is 2.22. The summed E-state index contributed by atoms with van der Waals surface area (Å²) >= 11 is 0. The number of hydrogen-bond acceptors (Lipinski definition) is 4. The molecule has 4 rings (SSSR count). The van der Waals surface area contributed by atoms with E-state index in [-0.39, 0.29) is 12.5 Å². The summed E-state index contributed by atoms with van der Waals surface area (Å²) in [5.74, 6) is 0.987. The second-order valence-corrected chi connectivity index (χ2v) is 6.39. The van der Waals surface area contributed by atoms with Crippen molar-refractivity contribution in [3.05, 3.63) is 78.4 Å². The van der Waals surface area contributed by atoms with Crippen LogP contribution in [0.3, 0.4) is 0 Å². The first-order valence-corrected chi connectivity index (χ1v) is 8.81. The number of nitrogens with one attached hydrogen (secondary N) is 2. The van der Waals surface area contributed by atoms with Crippen LogP contribution in [0.1, 0.15) is 5.56 Å². The summed E-state index contributed by atoms with van der Waals surface area (Å²) in [4.78, 5) is 12.7. The van der Waals surface area contributed by atoms with Crippen molar-refractivity contribution in [3.63, 3.8) is 0 Å². The van der Waals surface area contributed by atoms with Crippen LogP contribution in [0.4, 0.5) is 17.1 Å². The first-order valence-electron chi connectivity index (χ1n) is 8.81. The molecule has 136 valence electrons. The number of ether oxygens (including phenoxy) is 2. The van der Waals surface area contributed by atoms with E-state index in [9.17, 15) is 4.79 Å². The van der Waals surface area contributed by atoms with Crippen molar-refractivity contribution in [2.24, 2.45) is 0 Å². The summed E-state index contributed by atoms with van der Waals surface area (Å²) in [6.07, 6.45) is -0.702. The normalized spacial score (nSPS) is 15.1. The Labute approximate surface area is 157 Å². The first-order chi connectivity index (χ1) is 13.2. The van der Waals surface area contributed by atoms with Gasteiger partial charge in [0, 0.05) is 5.69 Å². The van der Waals surface area contributed by atoms with Crippen LogP contribution in [0.25, 0.3) is 0 Å². The van der Waals surface area contributed by atoms with Crippen LogP contribution in [-0.2, 0) is 4.79 Å². The minimum Gasteiger partial charge on any atom is -0.485 e. The predicted molar refractivity (Wildman–Crippen MR) is 106 cm³/mol. The van der Waals surface area contributed by atoms with Crippen molar-refractivity contribution < 1.29 is 14.3 Å². The molecule has 2 N–H and O–H groups in total. The summed E-state index contributed by atoms with van der Waals surface area (Å²) in [6, 6.07) is 23.0. The van der Waals surface area contributed by atoms with Crippen molar-refractivity contribution in [3.8, 4) is 11.5 Å². The standard InChI is InChI=1S/C22H20N2O3/c1-15-10-12-16(13-11-15)23-17-6-2-3-7-18(17)24-22(25)21-14-26-19-8-4-5-9-20(19)27-21/h2-13,21,23H,14H2,1H3,(H,24,25). The molecular weight excluding hydrogens is 340 g/mol. The summed E-state index contributed by atoms with van der Waals surface area (Å²) in [7, 11) is 0. The molecular formula is C22H20N2O3. The van der Waals surface area contributed by atoms with Crippen molar-refractivity contribution in [1.82, 2.24) is 0 Å². The zero-order valence-electron chi connectivity index (χ0n) is 14.9. The van der Waals surface area contributed by atoms with Gasteiger partial charge in [0.25, 0.3) is 5.91 Å². The largest absolute Gasteiger partial charge is 0.485 e. The fourth-order valence-electron chi connectivity index (χ4n) is 2.86. The molecule has 0 saturated carbocycles. The van der Waals surface area contributed by atoms with Crippen molar-refractivity contribution in [2.75, 3.05) is 17.2 Å². The number of carbonyl (C=O) groups excluding carboxylic acids is 1. The Hall–Kier alpha value is -3.47. The minimum atomic E-state index is -0.702. The van der Waals surface area contributed by atoms with E-state index < -0.39 is 6.10 Å². The number of hydrogen-bond donors (Lipinski definition) is 2. The number of amides is 1. The van der Waals surface area contributed by atoms with Crippen LogP contribution in [0.15, 0.2) is 72.8 Å². The number of aryl methyl sites for hydroxylation is 1. The molecule has 1 aliphatic rings. The van der Waals surface area contributed by atoms with Crippen LogP contribution in [0, 0.1) is 6.92 Å². The Morgan fingerprint density at radius 2 is 1.56 bits per heavy atom. The fraction of sp³-hybridized carbons (Fsp3) is 0.136.